The highest BCUT2D eigenvalue weighted by atomic mass is 16.1. The van der Waals surface area contributed by atoms with Crippen molar-refractivity contribution in [3.05, 3.63) is 77.9 Å². The Hall–Kier alpha value is -2.15. The summed E-state index contributed by atoms with van der Waals surface area (Å²) in [4.78, 5) is 11.9. The molecular weight excluding hydrogens is 220 g/mol. The number of allylic oxidation sites excluding steroid dienone is 2. The van der Waals surface area contributed by atoms with Crippen molar-refractivity contribution in [3.8, 4) is 0 Å². The van der Waals surface area contributed by atoms with Crippen molar-refractivity contribution in [1.82, 2.24) is 0 Å². The number of Topliss-reactive ketones (excluding diaryl/α,β-unsaturated/α-hetero) is 1. The summed E-state index contributed by atoms with van der Waals surface area (Å²) in [5.41, 5.74) is 3.08. The lowest BCUT2D eigenvalue weighted by Gasteiger charge is -2.01. The van der Waals surface area contributed by atoms with E-state index >= 15 is 0 Å². The molecule has 0 N–H and O–H groups in total. The van der Waals surface area contributed by atoms with Crippen LogP contribution in [-0.4, -0.2) is 5.78 Å². The van der Waals surface area contributed by atoms with E-state index in [0.29, 0.717) is 6.42 Å². The van der Waals surface area contributed by atoms with Crippen LogP contribution < -0.4 is 0 Å². The molecule has 0 aliphatic rings. The van der Waals surface area contributed by atoms with Crippen LogP contribution in [0.15, 0.2) is 66.7 Å². The summed E-state index contributed by atoms with van der Waals surface area (Å²) < 4.78 is 0. The lowest BCUT2D eigenvalue weighted by molar-refractivity contribution is 0.0996. The second-order valence-electron chi connectivity index (χ2n) is 4.25. The van der Waals surface area contributed by atoms with Crippen molar-refractivity contribution in [2.45, 2.75) is 13.3 Å². The molecule has 0 amide bonds. The maximum Gasteiger partial charge on any atom is 0.166 e. The Morgan fingerprint density at radius 1 is 0.889 bits per heavy atom. The van der Waals surface area contributed by atoms with Crippen molar-refractivity contribution in [2.24, 2.45) is 0 Å². The van der Waals surface area contributed by atoms with Crippen molar-refractivity contribution in [3.63, 3.8) is 0 Å². The van der Waals surface area contributed by atoms with Gasteiger partial charge in [0.15, 0.2) is 5.78 Å². The summed E-state index contributed by atoms with van der Waals surface area (Å²) in [6.45, 7) is 2.04. The van der Waals surface area contributed by atoms with Gasteiger partial charge in [0.05, 0.1) is 0 Å². The van der Waals surface area contributed by atoms with Crippen molar-refractivity contribution in [2.75, 3.05) is 0 Å². The van der Waals surface area contributed by atoms with Crippen LogP contribution in [0.3, 0.4) is 0 Å². The van der Waals surface area contributed by atoms with Gasteiger partial charge in [-0.25, -0.2) is 0 Å². The molecule has 0 aliphatic carbocycles. The molecule has 0 radical (unpaired) electrons. The molecule has 2 rings (SSSR count). The van der Waals surface area contributed by atoms with E-state index in [4.69, 9.17) is 0 Å². The summed E-state index contributed by atoms with van der Waals surface area (Å²) in [5, 5.41) is 0. The highest BCUT2D eigenvalue weighted by molar-refractivity contribution is 5.97. The Morgan fingerprint density at radius 3 is 1.94 bits per heavy atom. The van der Waals surface area contributed by atoms with Gasteiger partial charge in [0, 0.05) is 12.0 Å². The SMILES string of the molecule is CC(=CCC(=O)c1ccccc1)c1ccccc1. The second-order valence-corrected chi connectivity index (χ2v) is 4.25. The molecule has 0 saturated heterocycles. The van der Waals surface area contributed by atoms with Gasteiger partial charge in [0.2, 0.25) is 0 Å². The molecule has 18 heavy (non-hydrogen) atoms. The topological polar surface area (TPSA) is 17.1 Å². The van der Waals surface area contributed by atoms with Crippen molar-refractivity contribution >= 4 is 11.4 Å². The number of hydrogen-bond acceptors (Lipinski definition) is 1. The molecule has 0 bridgehead atoms. The number of carbonyl (C=O) groups excluding carboxylic acids is 1. The van der Waals surface area contributed by atoms with Crippen LogP contribution >= 0.6 is 0 Å². The summed E-state index contributed by atoms with van der Waals surface area (Å²) in [7, 11) is 0. The molecule has 0 heterocycles. The fourth-order valence-corrected chi connectivity index (χ4v) is 1.81. The van der Waals surface area contributed by atoms with E-state index in [-0.39, 0.29) is 5.78 Å². The first-order valence-corrected chi connectivity index (χ1v) is 6.08. The predicted molar refractivity (Wildman–Crippen MR) is 75.5 cm³/mol. The van der Waals surface area contributed by atoms with Crippen LogP contribution in [-0.2, 0) is 0 Å². The average molecular weight is 236 g/mol. The summed E-state index contributed by atoms with van der Waals surface area (Å²) in [6.07, 6.45) is 2.44. The van der Waals surface area contributed by atoms with Crippen LogP contribution in [0.5, 0.6) is 0 Å². The minimum absolute atomic E-state index is 0.158. The molecule has 0 aliphatic heterocycles. The van der Waals surface area contributed by atoms with E-state index in [1.165, 1.54) is 5.56 Å². The quantitative estimate of drug-likeness (QED) is 0.721. The van der Waals surface area contributed by atoms with Crippen LogP contribution in [0.2, 0.25) is 0 Å². The third-order valence-corrected chi connectivity index (χ3v) is 2.92. The van der Waals surface area contributed by atoms with E-state index in [9.17, 15) is 4.79 Å². The van der Waals surface area contributed by atoms with Gasteiger partial charge in [-0.15, -0.1) is 0 Å². The van der Waals surface area contributed by atoms with Crippen LogP contribution in [0.4, 0.5) is 0 Å². The minimum atomic E-state index is 0.158. The molecule has 0 fully saturated rings. The molecule has 90 valence electrons. The molecule has 0 aromatic heterocycles. The predicted octanol–water partition coefficient (Wildman–Crippen LogP) is 4.36. The smallest absolute Gasteiger partial charge is 0.166 e. The maximum atomic E-state index is 11.9. The van der Waals surface area contributed by atoms with Gasteiger partial charge in [0.25, 0.3) is 0 Å². The van der Waals surface area contributed by atoms with E-state index in [0.717, 1.165) is 11.1 Å². The number of ketones is 1. The standard InChI is InChI=1S/C17H16O/c1-14(15-8-4-2-5-9-15)12-13-17(18)16-10-6-3-7-11-16/h2-12H,13H2,1H3. The maximum absolute atomic E-state index is 11.9. The van der Waals surface area contributed by atoms with Gasteiger partial charge in [-0.2, -0.15) is 0 Å². The van der Waals surface area contributed by atoms with E-state index in [1.807, 2.05) is 61.5 Å². The third kappa shape index (κ3) is 3.17. The normalized spacial score (nSPS) is 11.3. The van der Waals surface area contributed by atoms with Gasteiger partial charge in [-0.05, 0) is 18.1 Å². The first-order chi connectivity index (χ1) is 8.77. The van der Waals surface area contributed by atoms with Crippen molar-refractivity contribution < 1.29 is 4.79 Å². The third-order valence-electron chi connectivity index (χ3n) is 2.92. The zero-order valence-electron chi connectivity index (χ0n) is 10.5. The Morgan fingerprint density at radius 2 is 1.39 bits per heavy atom. The summed E-state index contributed by atoms with van der Waals surface area (Å²) >= 11 is 0. The zero-order valence-corrected chi connectivity index (χ0v) is 10.5. The molecule has 1 nitrogen and oxygen atoms in total. The van der Waals surface area contributed by atoms with Gasteiger partial charge < -0.3 is 0 Å². The molecule has 0 spiro atoms. The lowest BCUT2D eigenvalue weighted by Crippen LogP contribution is -1.96. The Kier molecular flexibility index (Phi) is 4.08. The monoisotopic (exact) mass is 236 g/mol. The van der Waals surface area contributed by atoms with Gasteiger partial charge in [-0.3, -0.25) is 4.79 Å². The first-order valence-electron chi connectivity index (χ1n) is 6.08. The highest BCUT2D eigenvalue weighted by Gasteiger charge is 2.03. The first kappa shape index (κ1) is 12.3. The van der Waals surface area contributed by atoms with Gasteiger partial charge in [-0.1, -0.05) is 66.7 Å². The van der Waals surface area contributed by atoms with Gasteiger partial charge >= 0.3 is 0 Å². The Labute approximate surface area is 108 Å². The molecule has 0 unspecified atom stereocenters. The summed E-state index contributed by atoms with van der Waals surface area (Å²) in [6, 6.07) is 19.5. The number of benzene rings is 2. The van der Waals surface area contributed by atoms with Gasteiger partial charge in [0.1, 0.15) is 0 Å². The van der Waals surface area contributed by atoms with Crippen LogP contribution in [0.25, 0.3) is 5.57 Å². The molecule has 1 heteroatoms. The molecule has 2 aromatic rings. The number of rotatable bonds is 4. The zero-order chi connectivity index (χ0) is 12.8. The lowest BCUT2D eigenvalue weighted by atomic mass is 10.0. The van der Waals surface area contributed by atoms with Crippen molar-refractivity contribution in [1.29, 1.82) is 0 Å². The molecule has 2 aromatic carbocycles. The number of hydrogen-bond donors (Lipinski definition) is 0. The van der Waals surface area contributed by atoms with E-state index in [1.54, 1.807) is 0 Å². The Balaban J connectivity index is 2.05. The number of carbonyl (C=O) groups is 1. The second kappa shape index (κ2) is 5.97. The minimum Gasteiger partial charge on any atom is -0.294 e. The molecule has 0 atom stereocenters. The fourth-order valence-electron chi connectivity index (χ4n) is 1.81. The average Bonchev–Trinajstić information content (AvgIpc) is 2.46. The van der Waals surface area contributed by atoms with E-state index in [2.05, 4.69) is 12.1 Å². The fraction of sp³-hybridized carbons (Fsp3) is 0.118. The van der Waals surface area contributed by atoms with E-state index < -0.39 is 0 Å². The Bertz CT molecular complexity index is 538. The highest BCUT2D eigenvalue weighted by Crippen LogP contribution is 2.14. The van der Waals surface area contributed by atoms with Crippen LogP contribution in [0, 0.1) is 0 Å². The summed E-state index contributed by atoms with van der Waals surface area (Å²) in [5.74, 6) is 0.158. The molecular formula is C17H16O. The largest absolute Gasteiger partial charge is 0.294 e. The van der Waals surface area contributed by atoms with Crippen LogP contribution in [0.1, 0.15) is 29.3 Å². The molecule has 0 saturated carbocycles.